The Morgan fingerprint density at radius 3 is 2.56 bits per heavy atom. The lowest BCUT2D eigenvalue weighted by Gasteiger charge is -2.34. The predicted octanol–water partition coefficient (Wildman–Crippen LogP) is 1.88. The number of piperazine rings is 1. The molecular weight excluding hydrogens is 252 g/mol. The maximum absolute atomic E-state index is 11.5. The van der Waals surface area contributed by atoms with Crippen LogP contribution in [0.25, 0.3) is 0 Å². The van der Waals surface area contributed by atoms with Crippen LogP contribution in [0.4, 0.5) is 5.69 Å². The number of anilines is 1. The van der Waals surface area contributed by atoms with E-state index in [0.717, 1.165) is 31.9 Å². The van der Waals surface area contributed by atoms with Gasteiger partial charge in [-0.2, -0.15) is 0 Å². The Morgan fingerprint density at radius 2 is 1.94 bits per heavy atom. The van der Waals surface area contributed by atoms with Gasteiger partial charge in [0.1, 0.15) is 0 Å². The average molecular weight is 269 g/mol. The number of halogens is 1. The summed E-state index contributed by atoms with van der Waals surface area (Å²) in [6, 6.07) is 5.24. The Labute approximate surface area is 112 Å². The number of likely N-dealkylation sites (N-methyl/N-ethyl adjacent to an activating group) is 1. The fourth-order valence-electron chi connectivity index (χ4n) is 2.05. The van der Waals surface area contributed by atoms with Crippen LogP contribution in [0.2, 0.25) is 5.02 Å². The highest BCUT2D eigenvalue weighted by Crippen LogP contribution is 2.28. The number of ether oxygens (including phenoxy) is 1. The van der Waals surface area contributed by atoms with E-state index >= 15 is 0 Å². The van der Waals surface area contributed by atoms with Crippen molar-refractivity contribution >= 4 is 23.3 Å². The first-order valence-electron chi connectivity index (χ1n) is 5.93. The number of benzene rings is 1. The Morgan fingerprint density at radius 1 is 1.28 bits per heavy atom. The summed E-state index contributed by atoms with van der Waals surface area (Å²) in [6.45, 7) is 3.83. The number of hydrogen-bond acceptors (Lipinski definition) is 4. The van der Waals surface area contributed by atoms with E-state index in [1.165, 1.54) is 7.11 Å². The number of carbonyl (C=O) groups is 1. The van der Waals surface area contributed by atoms with E-state index in [2.05, 4.69) is 16.8 Å². The van der Waals surface area contributed by atoms with Gasteiger partial charge in [0.2, 0.25) is 0 Å². The minimum Gasteiger partial charge on any atom is -0.465 e. The number of esters is 1. The summed E-state index contributed by atoms with van der Waals surface area (Å²) in [4.78, 5) is 16.0. The van der Waals surface area contributed by atoms with Crippen molar-refractivity contribution in [3.63, 3.8) is 0 Å². The molecule has 0 amide bonds. The topological polar surface area (TPSA) is 32.8 Å². The maximum atomic E-state index is 11.5. The predicted molar refractivity (Wildman–Crippen MR) is 72.5 cm³/mol. The van der Waals surface area contributed by atoms with Crippen LogP contribution >= 0.6 is 11.6 Å². The van der Waals surface area contributed by atoms with Gasteiger partial charge in [-0.25, -0.2) is 4.79 Å². The molecule has 4 nitrogen and oxygen atoms in total. The van der Waals surface area contributed by atoms with Crippen molar-refractivity contribution in [2.24, 2.45) is 0 Å². The van der Waals surface area contributed by atoms with Gasteiger partial charge in [-0.15, -0.1) is 0 Å². The molecule has 0 radical (unpaired) electrons. The normalized spacial score (nSPS) is 16.7. The lowest BCUT2D eigenvalue weighted by atomic mass is 10.1. The van der Waals surface area contributed by atoms with Crippen molar-refractivity contribution < 1.29 is 9.53 Å². The molecule has 5 heteroatoms. The van der Waals surface area contributed by atoms with Gasteiger partial charge in [0.25, 0.3) is 0 Å². The first-order valence-corrected chi connectivity index (χ1v) is 6.31. The zero-order chi connectivity index (χ0) is 13.1. The molecule has 2 rings (SSSR count). The largest absolute Gasteiger partial charge is 0.465 e. The highest BCUT2D eigenvalue weighted by Gasteiger charge is 2.18. The standard InChI is InChI=1S/C13H17ClN2O2/c1-15-5-7-16(8-6-15)12-9-10(13(17)18-2)3-4-11(12)14/h3-4,9H,5-8H2,1-2H3. The molecule has 1 fully saturated rings. The zero-order valence-corrected chi connectivity index (χ0v) is 11.4. The minimum absolute atomic E-state index is 0.331. The van der Waals surface area contributed by atoms with Crippen LogP contribution in [-0.2, 0) is 4.74 Å². The van der Waals surface area contributed by atoms with Gasteiger partial charge < -0.3 is 14.5 Å². The highest BCUT2D eigenvalue weighted by atomic mass is 35.5. The van der Waals surface area contributed by atoms with Crippen molar-refractivity contribution in [2.45, 2.75) is 0 Å². The number of carbonyl (C=O) groups excluding carboxylic acids is 1. The molecule has 18 heavy (non-hydrogen) atoms. The van der Waals surface area contributed by atoms with E-state index in [4.69, 9.17) is 16.3 Å². The minimum atomic E-state index is -0.331. The Hall–Kier alpha value is -1.26. The van der Waals surface area contributed by atoms with Crippen molar-refractivity contribution in [1.82, 2.24) is 4.90 Å². The number of hydrogen-bond donors (Lipinski definition) is 0. The highest BCUT2D eigenvalue weighted by molar-refractivity contribution is 6.33. The fourth-order valence-corrected chi connectivity index (χ4v) is 2.28. The van der Waals surface area contributed by atoms with Crippen molar-refractivity contribution in [3.8, 4) is 0 Å². The lowest BCUT2D eigenvalue weighted by molar-refractivity contribution is 0.0601. The smallest absolute Gasteiger partial charge is 0.337 e. The summed E-state index contributed by atoms with van der Waals surface area (Å²) in [5.74, 6) is -0.331. The summed E-state index contributed by atoms with van der Waals surface area (Å²) in [5.41, 5.74) is 1.45. The summed E-state index contributed by atoms with van der Waals surface area (Å²) in [5, 5.41) is 0.673. The van der Waals surface area contributed by atoms with Gasteiger partial charge in [-0.3, -0.25) is 0 Å². The van der Waals surface area contributed by atoms with Crippen LogP contribution < -0.4 is 4.90 Å². The van der Waals surface area contributed by atoms with Crippen molar-refractivity contribution in [1.29, 1.82) is 0 Å². The van der Waals surface area contributed by atoms with Crippen molar-refractivity contribution in [2.75, 3.05) is 45.2 Å². The molecule has 0 aliphatic carbocycles. The van der Waals surface area contributed by atoms with Crippen LogP contribution in [0.3, 0.4) is 0 Å². The fraction of sp³-hybridized carbons (Fsp3) is 0.462. The van der Waals surface area contributed by atoms with Crippen LogP contribution in [0.5, 0.6) is 0 Å². The van der Waals surface area contributed by atoms with Crippen molar-refractivity contribution in [3.05, 3.63) is 28.8 Å². The van der Waals surface area contributed by atoms with E-state index < -0.39 is 0 Å². The molecule has 1 aromatic rings. The number of rotatable bonds is 2. The molecule has 0 atom stereocenters. The summed E-state index contributed by atoms with van der Waals surface area (Å²) in [6.07, 6.45) is 0. The third-order valence-electron chi connectivity index (χ3n) is 3.21. The van der Waals surface area contributed by atoms with Crippen LogP contribution in [0.1, 0.15) is 10.4 Å². The summed E-state index contributed by atoms with van der Waals surface area (Å²) in [7, 11) is 3.48. The molecular formula is C13H17ClN2O2. The van der Waals surface area contributed by atoms with E-state index in [0.29, 0.717) is 10.6 Å². The first kappa shape index (κ1) is 13.2. The van der Waals surface area contributed by atoms with Crippen LogP contribution in [-0.4, -0.2) is 51.2 Å². The van der Waals surface area contributed by atoms with E-state index in [1.807, 2.05) is 0 Å². The first-order chi connectivity index (χ1) is 8.61. The molecule has 98 valence electrons. The maximum Gasteiger partial charge on any atom is 0.337 e. The quantitative estimate of drug-likeness (QED) is 0.767. The van der Waals surface area contributed by atoms with Gasteiger partial charge in [0, 0.05) is 26.2 Å². The van der Waals surface area contributed by atoms with E-state index in [-0.39, 0.29) is 5.97 Å². The molecule has 1 aliphatic heterocycles. The van der Waals surface area contributed by atoms with Gasteiger partial charge in [0.15, 0.2) is 0 Å². The summed E-state index contributed by atoms with van der Waals surface area (Å²) >= 11 is 6.21. The third kappa shape index (κ3) is 2.76. The van der Waals surface area contributed by atoms with E-state index in [9.17, 15) is 4.79 Å². The third-order valence-corrected chi connectivity index (χ3v) is 3.53. The molecule has 1 saturated heterocycles. The second-order valence-electron chi connectivity index (χ2n) is 4.45. The molecule has 0 bridgehead atoms. The summed E-state index contributed by atoms with van der Waals surface area (Å²) < 4.78 is 4.73. The Balaban J connectivity index is 2.23. The molecule has 0 spiro atoms. The van der Waals surface area contributed by atoms with Gasteiger partial charge >= 0.3 is 5.97 Å². The Kier molecular flexibility index (Phi) is 4.09. The number of nitrogens with zero attached hydrogens (tertiary/aromatic N) is 2. The van der Waals surface area contributed by atoms with E-state index in [1.54, 1.807) is 18.2 Å². The zero-order valence-electron chi connectivity index (χ0n) is 10.6. The van der Waals surface area contributed by atoms with Gasteiger partial charge in [0.05, 0.1) is 23.4 Å². The SMILES string of the molecule is COC(=O)c1ccc(Cl)c(N2CCN(C)CC2)c1. The lowest BCUT2D eigenvalue weighted by Crippen LogP contribution is -2.44. The molecule has 0 aromatic heterocycles. The Bertz CT molecular complexity index is 443. The monoisotopic (exact) mass is 268 g/mol. The molecule has 0 N–H and O–H groups in total. The molecule has 1 aromatic carbocycles. The second-order valence-corrected chi connectivity index (χ2v) is 4.86. The molecule has 0 saturated carbocycles. The van der Waals surface area contributed by atoms with Gasteiger partial charge in [-0.1, -0.05) is 11.6 Å². The van der Waals surface area contributed by atoms with Gasteiger partial charge in [-0.05, 0) is 25.2 Å². The van der Waals surface area contributed by atoms with Crippen LogP contribution in [0, 0.1) is 0 Å². The molecule has 1 aliphatic rings. The number of methoxy groups -OCH3 is 1. The molecule has 1 heterocycles. The van der Waals surface area contributed by atoms with Crippen LogP contribution in [0.15, 0.2) is 18.2 Å². The average Bonchev–Trinajstić information content (AvgIpc) is 2.39. The molecule has 0 unspecified atom stereocenters. The second kappa shape index (κ2) is 5.59.